The number of carbonyl (C=O) groups excluding carboxylic acids is 1. The lowest BCUT2D eigenvalue weighted by Crippen LogP contribution is -2.73. The number of β-lactam (4-membered cyclic amide) rings is 1. The second-order valence-electron chi connectivity index (χ2n) is 16.8. The van der Waals surface area contributed by atoms with E-state index in [4.69, 9.17) is 42.6 Å². The fraction of sp³-hybridized carbons (Fsp3) is 0.327. The molecule has 0 spiro atoms. The summed E-state index contributed by atoms with van der Waals surface area (Å²) in [5.41, 5.74) is 5.92. The first-order valence-corrected chi connectivity index (χ1v) is 22.8. The molecule has 3 saturated heterocycles. The minimum atomic E-state index is -1.08. The number of amides is 1. The highest BCUT2D eigenvalue weighted by atomic mass is 16.7. The number of rotatable bonds is 22. The zero-order valence-electron chi connectivity index (χ0n) is 36.8. The summed E-state index contributed by atoms with van der Waals surface area (Å²) in [7, 11) is 0. The summed E-state index contributed by atoms with van der Waals surface area (Å²) < 4.78 is 61.5. The third-order valence-corrected chi connectivity index (χ3v) is 12.1. The van der Waals surface area contributed by atoms with Crippen molar-refractivity contribution in [1.82, 2.24) is 5.32 Å². The summed E-state index contributed by atoms with van der Waals surface area (Å²) >= 11 is 0. The molecule has 0 saturated carbocycles. The van der Waals surface area contributed by atoms with Gasteiger partial charge < -0.3 is 47.9 Å². The van der Waals surface area contributed by atoms with Crippen LogP contribution in [0, 0.1) is 5.92 Å². The van der Waals surface area contributed by atoms with E-state index in [9.17, 15) is 4.79 Å². The van der Waals surface area contributed by atoms with Crippen LogP contribution in [0.4, 0.5) is 0 Å². The van der Waals surface area contributed by atoms with Crippen LogP contribution in [0.5, 0.6) is 0 Å². The molecule has 1 amide bonds. The Kier molecular flexibility index (Phi) is 16.1. The second kappa shape index (κ2) is 23.2. The van der Waals surface area contributed by atoms with E-state index < -0.39 is 61.2 Å². The smallest absolute Gasteiger partial charge is 0.232 e. The molecule has 3 heterocycles. The highest BCUT2D eigenvalue weighted by molar-refractivity contribution is 5.86. The molecule has 0 bridgehead atoms. The molecule has 11 nitrogen and oxygen atoms in total. The van der Waals surface area contributed by atoms with Gasteiger partial charge in [0.1, 0.15) is 54.9 Å². The molecule has 10 atom stereocenters. The summed E-state index contributed by atoms with van der Waals surface area (Å²) in [6, 6.07) is 59.9. The Labute approximate surface area is 386 Å². The van der Waals surface area contributed by atoms with Gasteiger partial charge in [0.2, 0.25) is 5.91 Å². The van der Waals surface area contributed by atoms with Crippen LogP contribution in [0.1, 0.15) is 33.4 Å². The third kappa shape index (κ3) is 12.1. The van der Waals surface area contributed by atoms with Crippen molar-refractivity contribution in [3.8, 4) is 0 Å². The molecular formula is C55H57NO10. The normalized spacial score (nSPS) is 25.9. The van der Waals surface area contributed by atoms with E-state index in [0.29, 0.717) is 13.2 Å². The van der Waals surface area contributed by atoms with Gasteiger partial charge in [-0.05, 0) is 33.4 Å². The molecule has 9 rings (SSSR count). The molecule has 0 aromatic heterocycles. The summed E-state index contributed by atoms with van der Waals surface area (Å²) in [5.74, 6) is -0.823. The molecule has 0 unspecified atom stereocenters. The van der Waals surface area contributed by atoms with E-state index in [1.165, 1.54) is 0 Å². The number of hydrogen-bond donors (Lipinski definition) is 1. The van der Waals surface area contributed by atoms with Gasteiger partial charge in [-0.2, -0.15) is 0 Å². The van der Waals surface area contributed by atoms with Crippen LogP contribution in [0.15, 0.2) is 182 Å². The van der Waals surface area contributed by atoms with E-state index >= 15 is 0 Å². The minimum Gasteiger partial charge on any atom is -0.374 e. The maximum atomic E-state index is 13.5. The number of fused-ring (bicyclic) bond motifs is 1. The molecule has 6 aromatic rings. The van der Waals surface area contributed by atoms with Crippen molar-refractivity contribution in [1.29, 1.82) is 0 Å². The number of carbonyl (C=O) groups is 1. The van der Waals surface area contributed by atoms with Crippen molar-refractivity contribution in [2.24, 2.45) is 5.92 Å². The summed E-state index contributed by atoms with van der Waals surface area (Å²) in [6.45, 7) is 2.02. The zero-order chi connectivity index (χ0) is 44.8. The highest BCUT2D eigenvalue weighted by Gasteiger charge is 2.59. The zero-order valence-corrected chi connectivity index (χ0v) is 36.8. The van der Waals surface area contributed by atoms with Gasteiger partial charge in [0.05, 0.1) is 52.9 Å². The Morgan fingerprint density at radius 1 is 0.379 bits per heavy atom. The maximum absolute atomic E-state index is 13.5. The SMILES string of the molecule is O=C1N[C@H]2O[C@H](COCc3ccccc3)[C@@H](O[C@@H]3O[C@H](COCc4ccccc4)[C@H](OCc4ccccc4)[C@H](OCc4ccccc4)[C@H]3OCc3ccccc3)[C@H](OCc3ccccc3)[C@@H]12. The highest BCUT2D eigenvalue weighted by Crippen LogP contribution is 2.39. The van der Waals surface area contributed by atoms with Gasteiger partial charge >= 0.3 is 0 Å². The van der Waals surface area contributed by atoms with Crippen molar-refractivity contribution < 1.29 is 47.4 Å². The topological polar surface area (TPSA) is 112 Å². The molecule has 342 valence electrons. The second-order valence-corrected chi connectivity index (χ2v) is 16.8. The van der Waals surface area contributed by atoms with E-state index in [-0.39, 0.29) is 45.5 Å². The van der Waals surface area contributed by atoms with Gasteiger partial charge in [0.25, 0.3) is 0 Å². The van der Waals surface area contributed by atoms with Crippen LogP contribution in [-0.4, -0.2) is 74.4 Å². The van der Waals surface area contributed by atoms with Crippen LogP contribution in [-0.2, 0) is 87.1 Å². The van der Waals surface area contributed by atoms with Crippen molar-refractivity contribution in [3.05, 3.63) is 215 Å². The van der Waals surface area contributed by atoms with Crippen molar-refractivity contribution >= 4 is 5.91 Å². The van der Waals surface area contributed by atoms with Crippen molar-refractivity contribution in [2.75, 3.05) is 13.2 Å². The number of benzene rings is 6. The average molecular weight is 892 g/mol. The Bertz CT molecular complexity index is 2330. The van der Waals surface area contributed by atoms with Crippen molar-refractivity contribution in [2.45, 2.75) is 94.9 Å². The molecule has 3 aliphatic rings. The first kappa shape index (κ1) is 45.6. The fourth-order valence-corrected chi connectivity index (χ4v) is 8.63. The molecule has 1 N–H and O–H groups in total. The van der Waals surface area contributed by atoms with Gasteiger partial charge in [-0.15, -0.1) is 0 Å². The summed E-state index contributed by atoms with van der Waals surface area (Å²) in [4.78, 5) is 13.5. The van der Waals surface area contributed by atoms with Gasteiger partial charge in [-0.25, -0.2) is 0 Å². The monoisotopic (exact) mass is 891 g/mol. The summed E-state index contributed by atoms with van der Waals surface area (Å²) in [6.07, 6.45) is -6.90. The number of nitrogens with one attached hydrogen (secondary N) is 1. The minimum absolute atomic E-state index is 0.145. The first-order chi connectivity index (χ1) is 32.6. The van der Waals surface area contributed by atoms with Gasteiger partial charge in [0, 0.05) is 0 Å². The van der Waals surface area contributed by atoms with Crippen LogP contribution >= 0.6 is 0 Å². The molecule has 0 aliphatic carbocycles. The molecule has 11 heteroatoms. The predicted molar refractivity (Wildman–Crippen MR) is 246 cm³/mol. The van der Waals surface area contributed by atoms with E-state index in [0.717, 1.165) is 33.4 Å². The van der Waals surface area contributed by atoms with Crippen LogP contribution in [0.2, 0.25) is 0 Å². The van der Waals surface area contributed by atoms with Crippen LogP contribution < -0.4 is 5.32 Å². The van der Waals surface area contributed by atoms with Crippen molar-refractivity contribution in [3.63, 3.8) is 0 Å². The first-order valence-electron chi connectivity index (χ1n) is 22.8. The Morgan fingerprint density at radius 2 is 0.727 bits per heavy atom. The Hall–Kier alpha value is -5.57. The Balaban J connectivity index is 1.07. The van der Waals surface area contributed by atoms with E-state index in [1.54, 1.807) is 0 Å². The number of hydrogen-bond acceptors (Lipinski definition) is 10. The molecule has 66 heavy (non-hydrogen) atoms. The van der Waals surface area contributed by atoms with E-state index in [1.807, 2.05) is 182 Å². The molecule has 0 radical (unpaired) electrons. The van der Waals surface area contributed by atoms with Gasteiger partial charge in [-0.3, -0.25) is 4.79 Å². The van der Waals surface area contributed by atoms with Gasteiger partial charge in [-0.1, -0.05) is 182 Å². The average Bonchev–Trinajstić information content (AvgIpc) is 3.36. The van der Waals surface area contributed by atoms with Crippen LogP contribution in [0.3, 0.4) is 0 Å². The van der Waals surface area contributed by atoms with Gasteiger partial charge in [0.15, 0.2) is 6.29 Å². The van der Waals surface area contributed by atoms with E-state index in [2.05, 4.69) is 5.32 Å². The molecule has 6 aromatic carbocycles. The third-order valence-electron chi connectivity index (χ3n) is 12.1. The Morgan fingerprint density at radius 3 is 1.14 bits per heavy atom. The predicted octanol–water partition coefficient (Wildman–Crippen LogP) is 8.34. The lowest BCUT2D eigenvalue weighted by Gasteiger charge is -2.53. The summed E-state index contributed by atoms with van der Waals surface area (Å²) in [5, 5.41) is 2.94. The fourth-order valence-electron chi connectivity index (χ4n) is 8.63. The quantitative estimate of drug-likeness (QED) is 0.0668. The molecule has 3 fully saturated rings. The lowest BCUT2D eigenvalue weighted by molar-refractivity contribution is -0.361. The number of ether oxygens (including phenoxy) is 9. The van der Waals surface area contributed by atoms with Crippen LogP contribution in [0.25, 0.3) is 0 Å². The maximum Gasteiger partial charge on any atom is 0.232 e. The standard InChI is InChI=1S/C55H57NO10/c57-53-47-50(61-34-42-25-13-4-14-26-42)49(46(64-54(47)56-53)38-59-32-40-21-9-2-10-22-40)66-55-52(63-36-44-29-17-6-18-30-44)51(62-35-43-27-15-5-16-28-43)48(60-33-41-23-11-3-12-24-41)45(65-55)37-58-31-39-19-7-1-8-20-39/h1-30,45-52,54-55H,31-38H2,(H,56,57)/t45-,46-,47+,48+,49-,50-,51+,52-,54+,55+/m1/s1. The molecular weight excluding hydrogens is 835 g/mol. The molecule has 3 aliphatic heterocycles. The largest absolute Gasteiger partial charge is 0.374 e. The lowest BCUT2D eigenvalue weighted by atomic mass is 9.83.